The van der Waals surface area contributed by atoms with Crippen LogP contribution in [0.15, 0.2) is 42.7 Å². The van der Waals surface area contributed by atoms with Crippen LogP contribution in [-0.2, 0) is 6.42 Å². The van der Waals surface area contributed by atoms with Crippen LogP contribution in [0.2, 0.25) is 0 Å². The SMILES string of the molecule is O=C(Oc1cccnc1)c1ccc2c(c1)NCCC2. The van der Waals surface area contributed by atoms with E-state index in [9.17, 15) is 4.79 Å². The lowest BCUT2D eigenvalue weighted by atomic mass is 10.0. The number of nitrogens with zero attached hydrogens (tertiary/aromatic N) is 1. The van der Waals surface area contributed by atoms with E-state index in [4.69, 9.17) is 4.74 Å². The normalized spacial score (nSPS) is 13.3. The third-order valence-electron chi connectivity index (χ3n) is 3.13. The molecule has 0 radical (unpaired) electrons. The first kappa shape index (κ1) is 11.7. The first-order valence-electron chi connectivity index (χ1n) is 6.32. The Bertz CT molecular complexity index is 596. The van der Waals surface area contributed by atoms with E-state index in [1.807, 2.05) is 18.2 Å². The number of ether oxygens (including phenoxy) is 1. The van der Waals surface area contributed by atoms with E-state index in [0.29, 0.717) is 11.3 Å². The first-order valence-corrected chi connectivity index (χ1v) is 6.32. The molecule has 0 bridgehead atoms. The summed E-state index contributed by atoms with van der Waals surface area (Å²) in [6.45, 7) is 0.952. The van der Waals surface area contributed by atoms with Gasteiger partial charge in [-0.1, -0.05) is 6.07 Å². The summed E-state index contributed by atoms with van der Waals surface area (Å²) in [4.78, 5) is 15.9. The van der Waals surface area contributed by atoms with Crippen LogP contribution in [0.3, 0.4) is 0 Å². The van der Waals surface area contributed by atoms with Gasteiger partial charge in [-0.15, -0.1) is 0 Å². The van der Waals surface area contributed by atoms with Crippen LogP contribution in [0.4, 0.5) is 5.69 Å². The summed E-state index contributed by atoms with van der Waals surface area (Å²) in [5.74, 6) is 0.0985. The number of fused-ring (bicyclic) bond motifs is 1. The number of benzene rings is 1. The lowest BCUT2D eigenvalue weighted by Crippen LogP contribution is -2.14. The number of aromatic nitrogens is 1. The maximum atomic E-state index is 12.0. The van der Waals surface area contributed by atoms with Gasteiger partial charge >= 0.3 is 5.97 Å². The van der Waals surface area contributed by atoms with Crippen LogP contribution in [0.5, 0.6) is 5.75 Å². The zero-order chi connectivity index (χ0) is 13.1. The molecule has 1 N–H and O–H groups in total. The van der Waals surface area contributed by atoms with Crippen molar-refractivity contribution in [2.75, 3.05) is 11.9 Å². The molecule has 0 atom stereocenters. The number of hydrogen-bond acceptors (Lipinski definition) is 4. The van der Waals surface area contributed by atoms with E-state index in [1.165, 1.54) is 11.8 Å². The summed E-state index contributed by atoms with van der Waals surface area (Å²) >= 11 is 0. The molecular formula is C15H14N2O2. The van der Waals surface area contributed by atoms with Crippen LogP contribution in [0.25, 0.3) is 0 Å². The molecule has 1 aliphatic heterocycles. The van der Waals surface area contributed by atoms with Crippen LogP contribution >= 0.6 is 0 Å². The molecule has 0 spiro atoms. The minimum Gasteiger partial charge on any atom is -0.421 e. The number of aryl methyl sites for hydroxylation is 1. The van der Waals surface area contributed by atoms with Gasteiger partial charge < -0.3 is 10.1 Å². The molecule has 2 aromatic rings. The smallest absolute Gasteiger partial charge is 0.343 e. The molecule has 0 fully saturated rings. The van der Waals surface area contributed by atoms with Gasteiger partial charge in [0.05, 0.1) is 11.8 Å². The van der Waals surface area contributed by atoms with Gasteiger partial charge in [0, 0.05) is 18.4 Å². The van der Waals surface area contributed by atoms with E-state index in [2.05, 4.69) is 10.3 Å². The highest BCUT2D eigenvalue weighted by Gasteiger charge is 2.13. The average Bonchev–Trinajstić information content (AvgIpc) is 2.48. The summed E-state index contributed by atoms with van der Waals surface area (Å²) in [5, 5.41) is 3.30. The minimum absolute atomic E-state index is 0.358. The van der Waals surface area contributed by atoms with E-state index < -0.39 is 0 Å². The molecule has 2 heterocycles. The summed E-state index contributed by atoms with van der Waals surface area (Å²) in [5.41, 5.74) is 2.84. The standard InChI is InChI=1S/C15H14N2O2/c18-15(19-13-4-2-7-16-10-13)12-6-5-11-3-1-8-17-14(11)9-12/h2,4-7,9-10,17H,1,3,8H2. The molecule has 19 heavy (non-hydrogen) atoms. The largest absolute Gasteiger partial charge is 0.421 e. The fraction of sp³-hybridized carbons (Fsp3) is 0.200. The molecule has 1 aromatic carbocycles. The lowest BCUT2D eigenvalue weighted by Gasteiger charge is -2.18. The van der Waals surface area contributed by atoms with E-state index in [1.54, 1.807) is 18.3 Å². The molecule has 0 aliphatic carbocycles. The number of rotatable bonds is 2. The van der Waals surface area contributed by atoms with Crippen molar-refractivity contribution in [2.24, 2.45) is 0 Å². The molecule has 1 aromatic heterocycles. The van der Waals surface area contributed by atoms with Crippen molar-refractivity contribution in [1.29, 1.82) is 0 Å². The maximum Gasteiger partial charge on any atom is 0.343 e. The number of nitrogens with one attached hydrogen (secondary N) is 1. The molecular weight excluding hydrogens is 240 g/mol. The van der Waals surface area contributed by atoms with Gasteiger partial charge in [-0.2, -0.15) is 0 Å². The van der Waals surface area contributed by atoms with E-state index in [0.717, 1.165) is 25.1 Å². The molecule has 0 amide bonds. The molecule has 96 valence electrons. The molecule has 4 heteroatoms. The lowest BCUT2D eigenvalue weighted by molar-refractivity contribution is 0.0734. The Morgan fingerprint density at radius 1 is 1.32 bits per heavy atom. The molecule has 0 unspecified atom stereocenters. The molecule has 1 aliphatic rings. The zero-order valence-electron chi connectivity index (χ0n) is 10.4. The first-order chi connectivity index (χ1) is 9.33. The predicted octanol–water partition coefficient (Wildman–Crippen LogP) is 2.66. The summed E-state index contributed by atoms with van der Waals surface area (Å²) in [6, 6.07) is 9.09. The Kier molecular flexibility index (Phi) is 3.14. The Morgan fingerprint density at radius 3 is 3.11 bits per heavy atom. The zero-order valence-corrected chi connectivity index (χ0v) is 10.4. The van der Waals surface area contributed by atoms with Crippen molar-refractivity contribution >= 4 is 11.7 Å². The van der Waals surface area contributed by atoms with Crippen molar-refractivity contribution in [3.8, 4) is 5.75 Å². The Balaban J connectivity index is 1.80. The van der Waals surface area contributed by atoms with Crippen LogP contribution in [0, 0.1) is 0 Å². The molecule has 4 nitrogen and oxygen atoms in total. The van der Waals surface area contributed by atoms with E-state index >= 15 is 0 Å². The monoisotopic (exact) mass is 254 g/mol. The number of anilines is 1. The molecule has 3 rings (SSSR count). The van der Waals surface area contributed by atoms with Crippen molar-refractivity contribution in [3.63, 3.8) is 0 Å². The van der Waals surface area contributed by atoms with Gasteiger partial charge in [-0.3, -0.25) is 4.98 Å². The van der Waals surface area contributed by atoms with Gasteiger partial charge in [0.25, 0.3) is 0 Å². The van der Waals surface area contributed by atoms with Gasteiger partial charge in [0.15, 0.2) is 0 Å². The number of hydrogen-bond donors (Lipinski definition) is 1. The summed E-state index contributed by atoms with van der Waals surface area (Å²) in [6.07, 6.45) is 5.35. The topological polar surface area (TPSA) is 51.2 Å². The van der Waals surface area contributed by atoms with Crippen molar-refractivity contribution in [2.45, 2.75) is 12.8 Å². The number of carbonyl (C=O) groups excluding carboxylic acids is 1. The molecule has 0 saturated carbocycles. The second kappa shape index (κ2) is 5.10. The predicted molar refractivity (Wildman–Crippen MR) is 72.4 cm³/mol. The Hall–Kier alpha value is -2.36. The van der Waals surface area contributed by atoms with Gasteiger partial charge in [-0.05, 0) is 42.7 Å². The highest BCUT2D eigenvalue weighted by Crippen LogP contribution is 2.23. The number of esters is 1. The van der Waals surface area contributed by atoms with Gasteiger partial charge in [0.1, 0.15) is 5.75 Å². The fourth-order valence-corrected chi connectivity index (χ4v) is 2.16. The summed E-state index contributed by atoms with van der Waals surface area (Å²) in [7, 11) is 0. The average molecular weight is 254 g/mol. The minimum atomic E-state index is -0.358. The second-order valence-electron chi connectivity index (χ2n) is 4.48. The van der Waals surface area contributed by atoms with Crippen molar-refractivity contribution in [1.82, 2.24) is 4.98 Å². The quantitative estimate of drug-likeness (QED) is 0.837. The van der Waals surface area contributed by atoms with E-state index in [-0.39, 0.29) is 5.97 Å². The number of pyridine rings is 1. The fourth-order valence-electron chi connectivity index (χ4n) is 2.16. The second-order valence-corrected chi connectivity index (χ2v) is 4.48. The third kappa shape index (κ3) is 2.57. The van der Waals surface area contributed by atoms with Gasteiger partial charge in [-0.25, -0.2) is 4.79 Å². The van der Waals surface area contributed by atoms with Gasteiger partial charge in [0.2, 0.25) is 0 Å². The summed E-state index contributed by atoms with van der Waals surface area (Å²) < 4.78 is 5.26. The molecule has 0 saturated heterocycles. The van der Waals surface area contributed by atoms with Crippen LogP contribution in [-0.4, -0.2) is 17.5 Å². The van der Waals surface area contributed by atoms with Crippen molar-refractivity contribution < 1.29 is 9.53 Å². The maximum absolute atomic E-state index is 12.0. The van der Waals surface area contributed by atoms with Crippen LogP contribution < -0.4 is 10.1 Å². The Labute approximate surface area is 111 Å². The number of carbonyl (C=O) groups is 1. The van der Waals surface area contributed by atoms with Crippen molar-refractivity contribution in [3.05, 3.63) is 53.9 Å². The highest BCUT2D eigenvalue weighted by atomic mass is 16.5. The highest BCUT2D eigenvalue weighted by molar-refractivity contribution is 5.92. The van der Waals surface area contributed by atoms with Crippen LogP contribution in [0.1, 0.15) is 22.3 Å². The third-order valence-corrected chi connectivity index (χ3v) is 3.13. The Morgan fingerprint density at radius 2 is 2.26 bits per heavy atom.